The van der Waals surface area contributed by atoms with E-state index in [4.69, 9.17) is 16.7 Å². The Bertz CT molecular complexity index is 598. The minimum atomic E-state index is -0.204. The lowest BCUT2D eigenvalue weighted by Gasteiger charge is -2.20. The number of amides is 2. The summed E-state index contributed by atoms with van der Waals surface area (Å²) in [5, 5.41) is 9.28. The van der Waals surface area contributed by atoms with Gasteiger partial charge in [-0.05, 0) is 31.0 Å². The number of rotatable bonds is 2. The highest BCUT2D eigenvalue weighted by Gasteiger charge is 2.27. The molecule has 0 aromatic heterocycles. The molecule has 0 saturated carbocycles. The van der Waals surface area contributed by atoms with Crippen LogP contribution in [0.5, 0.6) is 0 Å². The van der Waals surface area contributed by atoms with E-state index >= 15 is 0 Å². The van der Waals surface area contributed by atoms with E-state index < -0.39 is 0 Å². The van der Waals surface area contributed by atoms with Gasteiger partial charge in [-0.15, -0.1) is 0 Å². The van der Waals surface area contributed by atoms with Crippen molar-refractivity contribution in [2.45, 2.75) is 32.1 Å². The van der Waals surface area contributed by atoms with E-state index in [2.05, 4.69) is 11.8 Å². The van der Waals surface area contributed by atoms with Crippen LogP contribution in [0.25, 0.3) is 0 Å². The van der Waals surface area contributed by atoms with Gasteiger partial charge in [-0.3, -0.25) is 9.59 Å². The summed E-state index contributed by atoms with van der Waals surface area (Å²) in [5.41, 5.74) is 1.00. The molecule has 1 aromatic rings. The molecule has 1 saturated heterocycles. The van der Waals surface area contributed by atoms with Crippen molar-refractivity contribution in [1.29, 1.82) is 0 Å². The first-order valence-corrected chi connectivity index (χ1v) is 7.26. The monoisotopic (exact) mass is 305 g/mol. The molecular formula is C16H16ClNO3. The minimum absolute atomic E-state index is 0.0372. The molecule has 110 valence electrons. The maximum Gasteiger partial charge on any atom is 0.233 e. The number of aliphatic hydroxyl groups excluding tert-OH is 1. The lowest BCUT2D eigenvalue weighted by molar-refractivity contribution is -0.125. The molecule has 21 heavy (non-hydrogen) atoms. The molecule has 1 aliphatic heterocycles. The molecule has 0 aliphatic carbocycles. The largest absolute Gasteiger partial charge is 0.395 e. The number of benzene rings is 1. The third-order valence-electron chi connectivity index (χ3n) is 3.19. The van der Waals surface area contributed by atoms with Crippen molar-refractivity contribution in [1.82, 2.24) is 0 Å². The number of carbonyl (C=O) groups excluding carboxylic acids is 2. The van der Waals surface area contributed by atoms with Gasteiger partial charge in [0.15, 0.2) is 0 Å². The van der Waals surface area contributed by atoms with Gasteiger partial charge in [-0.25, -0.2) is 4.90 Å². The zero-order chi connectivity index (χ0) is 15.2. The number of anilines is 1. The molecule has 1 aliphatic rings. The van der Waals surface area contributed by atoms with E-state index in [0.717, 1.165) is 12.8 Å². The summed E-state index contributed by atoms with van der Waals surface area (Å²) in [4.78, 5) is 25.6. The number of hydrogen-bond donors (Lipinski definition) is 1. The fourth-order valence-corrected chi connectivity index (χ4v) is 2.37. The summed E-state index contributed by atoms with van der Waals surface area (Å²) in [6, 6.07) is 4.92. The van der Waals surface area contributed by atoms with Crippen molar-refractivity contribution in [3.8, 4) is 11.8 Å². The standard InChI is InChI=1S/C16H16ClNO3/c17-13-8-9-14(12(11-13)5-3-4-10-19)18-15(20)6-1-2-7-16(18)21/h8-9,11,19H,1-2,4,6-7,10H2. The molecule has 5 heteroatoms. The van der Waals surface area contributed by atoms with Gasteiger partial charge in [0.05, 0.1) is 17.9 Å². The van der Waals surface area contributed by atoms with Crippen molar-refractivity contribution < 1.29 is 14.7 Å². The van der Waals surface area contributed by atoms with Crippen LogP contribution in [0.2, 0.25) is 5.02 Å². The van der Waals surface area contributed by atoms with Crippen LogP contribution in [0.1, 0.15) is 37.7 Å². The summed E-state index contributed by atoms with van der Waals surface area (Å²) in [7, 11) is 0. The van der Waals surface area contributed by atoms with Crippen molar-refractivity contribution in [3.05, 3.63) is 28.8 Å². The third kappa shape index (κ3) is 3.84. The summed E-state index contributed by atoms with van der Waals surface area (Å²) < 4.78 is 0. The van der Waals surface area contributed by atoms with Crippen LogP contribution in [0.15, 0.2) is 18.2 Å². The number of imide groups is 1. The Labute approximate surface area is 128 Å². The van der Waals surface area contributed by atoms with Crippen LogP contribution in [-0.2, 0) is 9.59 Å². The van der Waals surface area contributed by atoms with Gasteiger partial charge in [0.2, 0.25) is 11.8 Å². The summed E-state index contributed by atoms with van der Waals surface area (Å²) in [6.45, 7) is -0.0372. The van der Waals surface area contributed by atoms with Gasteiger partial charge in [0.1, 0.15) is 0 Å². The van der Waals surface area contributed by atoms with Crippen molar-refractivity contribution >= 4 is 29.1 Å². The van der Waals surface area contributed by atoms with E-state index in [1.807, 2.05) is 0 Å². The molecule has 1 fully saturated rings. The smallest absolute Gasteiger partial charge is 0.233 e. The van der Waals surface area contributed by atoms with Crippen LogP contribution in [-0.4, -0.2) is 23.5 Å². The zero-order valence-electron chi connectivity index (χ0n) is 11.6. The highest BCUT2D eigenvalue weighted by Crippen LogP contribution is 2.27. The minimum Gasteiger partial charge on any atom is -0.395 e. The van der Waals surface area contributed by atoms with Crippen LogP contribution < -0.4 is 4.90 Å². The van der Waals surface area contributed by atoms with E-state index in [1.165, 1.54) is 4.90 Å². The number of aliphatic hydroxyl groups is 1. The lowest BCUT2D eigenvalue weighted by atomic mass is 10.1. The fourth-order valence-electron chi connectivity index (χ4n) is 2.20. The van der Waals surface area contributed by atoms with Crippen LogP contribution in [0.3, 0.4) is 0 Å². The van der Waals surface area contributed by atoms with Gasteiger partial charge in [-0.1, -0.05) is 23.4 Å². The second kappa shape index (κ2) is 7.26. The molecular weight excluding hydrogens is 290 g/mol. The summed E-state index contributed by atoms with van der Waals surface area (Å²) in [5.74, 6) is 5.26. The van der Waals surface area contributed by atoms with Gasteiger partial charge in [0.25, 0.3) is 0 Å². The van der Waals surface area contributed by atoms with Crippen LogP contribution in [0.4, 0.5) is 5.69 Å². The second-order valence-corrected chi connectivity index (χ2v) is 5.20. The molecule has 4 nitrogen and oxygen atoms in total. The molecule has 0 unspecified atom stereocenters. The summed E-state index contributed by atoms with van der Waals surface area (Å²) in [6.07, 6.45) is 2.49. The molecule has 1 aromatic carbocycles. The second-order valence-electron chi connectivity index (χ2n) is 4.77. The van der Waals surface area contributed by atoms with Crippen molar-refractivity contribution in [2.75, 3.05) is 11.5 Å². The Balaban J connectivity index is 2.44. The average molecular weight is 306 g/mol. The van der Waals surface area contributed by atoms with E-state index in [9.17, 15) is 9.59 Å². The topological polar surface area (TPSA) is 57.6 Å². The van der Waals surface area contributed by atoms with Crippen LogP contribution in [0, 0.1) is 11.8 Å². The molecule has 2 amide bonds. The first-order chi connectivity index (χ1) is 10.1. The molecule has 1 N–H and O–H groups in total. The van der Waals surface area contributed by atoms with Crippen molar-refractivity contribution in [3.63, 3.8) is 0 Å². The maximum atomic E-state index is 12.2. The summed E-state index contributed by atoms with van der Waals surface area (Å²) >= 11 is 5.97. The lowest BCUT2D eigenvalue weighted by Crippen LogP contribution is -2.35. The Morgan fingerprint density at radius 2 is 1.86 bits per heavy atom. The molecule has 0 bridgehead atoms. The number of nitrogens with zero attached hydrogens (tertiary/aromatic N) is 1. The van der Waals surface area contributed by atoms with Crippen molar-refractivity contribution in [2.24, 2.45) is 0 Å². The predicted molar refractivity (Wildman–Crippen MR) is 81.0 cm³/mol. The molecule has 0 spiro atoms. The Hall–Kier alpha value is -1.83. The molecule has 0 atom stereocenters. The average Bonchev–Trinajstić information content (AvgIpc) is 2.61. The number of halogens is 1. The Morgan fingerprint density at radius 1 is 1.19 bits per heavy atom. The quantitative estimate of drug-likeness (QED) is 0.674. The highest BCUT2D eigenvalue weighted by molar-refractivity contribution is 6.31. The predicted octanol–water partition coefficient (Wildman–Crippen LogP) is 2.51. The zero-order valence-corrected chi connectivity index (χ0v) is 12.3. The SMILES string of the molecule is O=C1CCCCC(=O)N1c1ccc(Cl)cc1C#CCCO. The van der Waals surface area contributed by atoms with Gasteiger partial charge in [0, 0.05) is 24.3 Å². The Kier molecular flexibility index (Phi) is 5.38. The third-order valence-corrected chi connectivity index (χ3v) is 3.42. The van der Waals surface area contributed by atoms with E-state index in [-0.39, 0.29) is 18.4 Å². The normalized spacial score (nSPS) is 15.4. The van der Waals surface area contributed by atoms with E-state index in [1.54, 1.807) is 18.2 Å². The Morgan fingerprint density at radius 3 is 2.48 bits per heavy atom. The molecule has 0 radical (unpaired) electrons. The number of carbonyl (C=O) groups is 2. The van der Waals surface area contributed by atoms with E-state index in [0.29, 0.717) is 35.5 Å². The van der Waals surface area contributed by atoms with Gasteiger partial charge < -0.3 is 5.11 Å². The fraction of sp³-hybridized carbons (Fsp3) is 0.375. The highest BCUT2D eigenvalue weighted by atomic mass is 35.5. The molecule has 1 heterocycles. The first kappa shape index (κ1) is 15.6. The number of hydrogen-bond acceptors (Lipinski definition) is 3. The van der Waals surface area contributed by atoms with Gasteiger partial charge >= 0.3 is 0 Å². The van der Waals surface area contributed by atoms with Crippen LogP contribution >= 0.6 is 11.6 Å². The molecule has 2 rings (SSSR count). The first-order valence-electron chi connectivity index (χ1n) is 6.88. The maximum absolute atomic E-state index is 12.2. The van der Waals surface area contributed by atoms with Gasteiger partial charge in [-0.2, -0.15) is 0 Å².